The molecule has 0 amide bonds. The molecular formula is C22H26N2O2. The first-order chi connectivity index (χ1) is 12.5. The Kier molecular flexibility index (Phi) is 4.86. The number of benzene rings is 2. The summed E-state index contributed by atoms with van der Waals surface area (Å²) >= 11 is 0. The van der Waals surface area contributed by atoms with Crippen molar-refractivity contribution in [2.75, 3.05) is 0 Å². The van der Waals surface area contributed by atoms with Crippen LogP contribution in [0.2, 0.25) is 0 Å². The molecule has 0 saturated heterocycles. The van der Waals surface area contributed by atoms with Crippen molar-refractivity contribution in [1.82, 2.24) is 0 Å². The fraction of sp³-hybridized carbons (Fsp3) is 0.364. The van der Waals surface area contributed by atoms with E-state index in [1.165, 1.54) is 22.3 Å². The van der Waals surface area contributed by atoms with Crippen molar-refractivity contribution in [2.24, 2.45) is 16.2 Å². The van der Waals surface area contributed by atoms with Gasteiger partial charge in [0.05, 0.1) is 11.4 Å². The van der Waals surface area contributed by atoms with Gasteiger partial charge in [0.15, 0.2) is 0 Å². The normalized spacial score (nSPS) is 16.9. The van der Waals surface area contributed by atoms with Crippen LogP contribution in [0.3, 0.4) is 0 Å². The first kappa shape index (κ1) is 18.2. The predicted octanol–water partition coefficient (Wildman–Crippen LogP) is 5.44. The van der Waals surface area contributed by atoms with Crippen LogP contribution in [-0.4, -0.2) is 21.8 Å². The smallest absolute Gasteiger partial charge is 0.0953 e. The van der Waals surface area contributed by atoms with Gasteiger partial charge in [-0.3, -0.25) is 0 Å². The van der Waals surface area contributed by atoms with Gasteiger partial charge < -0.3 is 10.4 Å². The van der Waals surface area contributed by atoms with Gasteiger partial charge in [-0.2, -0.15) is 0 Å². The van der Waals surface area contributed by atoms with E-state index in [2.05, 4.69) is 60.6 Å². The lowest BCUT2D eigenvalue weighted by Crippen LogP contribution is -2.24. The number of rotatable bonds is 5. The van der Waals surface area contributed by atoms with Gasteiger partial charge in [-0.15, -0.1) is 0 Å². The van der Waals surface area contributed by atoms with Crippen LogP contribution < -0.4 is 0 Å². The molecule has 2 aromatic rings. The molecular weight excluding hydrogens is 324 g/mol. The zero-order valence-corrected chi connectivity index (χ0v) is 15.8. The third-order valence-electron chi connectivity index (χ3n) is 6.07. The van der Waals surface area contributed by atoms with Crippen molar-refractivity contribution in [3.8, 4) is 11.1 Å². The Morgan fingerprint density at radius 3 is 2.23 bits per heavy atom. The molecule has 4 nitrogen and oxygen atoms in total. The monoisotopic (exact) mass is 350 g/mol. The van der Waals surface area contributed by atoms with Gasteiger partial charge in [-0.25, -0.2) is 0 Å². The number of oxime groups is 2. The second-order valence-corrected chi connectivity index (χ2v) is 7.04. The summed E-state index contributed by atoms with van der Waals surface area (Å²) in [6, 6.07) is 14.9. The number of hydrogen-bond acceptors (Lipinski definition) is 4. The van der Waals surface area contributed by atoms with Crippen molar-refractivity contribution < 1.29 is 10.4 Å². The Morgan fingerprint density at radius 2 is 1.62 bits per heavy atom. The molecule has 2 aromatic carbocycles. The molecule has 1 aliphatic rings. The van der Waals surface area contributed by atoms with Gasteiger partial charge >= 0.3 is 0 Å². The molecule has 0 spiro atoms. The van der Waals surface area contributed by atoms with E-state index in [9.17, 15) is 5.21 Å². The predicted molar refractivity (Wildman–Crippen MR) is 106 cm³/mol. The lowest BCUT2D eigenvalue weighted by atomic mass is 9.73. The van der Waals surface area contributed by atoms with E-state index in [0.29, 0.717) is 11.4 Å². The van der Waals surface area contributed by atoms with Crippen LogP contribution in [-0.2, 0) is 5.41 Å². The van der Waals surface area contributed by atoms with E-state index in [-0.39, 0.29) is 11.3 Å². The average molecular weight is 350 g/mol. The summed E-state index contributed by atoms with van der Waals surface area (Å²) in [4.78, 5) is 0. The maximum atomic E-state index is 9.61. The Balaban J connectivity index is 2.19. The lowest BCUT2D eigenvalue weighted by Gasteiger charge is -2.30. The molecule has 26 heavy (non-hydrogen) atoms. The zero-order chi connectivity index (χ0) is 18.9. The second-order valence-electron chi connectivity index (χ2n) is 7.04. The van der Waals surface area contributed by atoms with E-state index in [4.69, 9.17) is 5.21 Å². The van der Waals surface area contributed by atoms with E-state index < -0.39 is 0 Å². The van der Waals surface area contributed by atoms with Gasteiger partial charge in [0, 0.05) is 16.9 Å². The van der Waals surface area contributed by atoms with E-state index in [1.54, 1.807) is 6.92 Å². The highest BCUT2D eigenvalue weighted by molar-refractivity contribution is 6.14. The summed E-state index contributed by atoms with van der Waals surface area (Å²) in [6.07, 6.45) is 2.02. The van der Waals surface area contributed by atoms with Crippen LogP contribution in [0.4, 0.5) is 0 Å². The molecule has 1 aliphatic carbocycles. The molecule has 0 aliphatic heterocycles. The third-order valence-corrected chi connectivity index (χ3v) is 6.07. The fourth-order valence-corrected chi connectivity index (χ4v) is 4.31. The van der Waals surface area contributed by atoms with Crippen LogP contribution in [0, 0.1) is 5.92 Å². The third kappa shape index (κ3) is 2.52. The molecule has 0 aromatic heterocycles. The van der Waals surface area contributed by atoms with Crippen molar-refractivity contribution in [2.45, 2.75) is 46.0 Å². The minimum Gasteiger partial charge on any atom is -0.411 e. The highest BCUT2D eigenvalue weighted by Crippen LogP contribution is 2.52. The van der Waals surface area contributed by atoms with E-state index >= 15 is 0 Å². The summed E-state index contributed by atoms with van der Waals surface area (Å²) in [5, 5.41) is 25.5. The first-order valence-corrected chi connectivity index (χ1v) is 9.19. The van der Waals surface area contributed by atoms with Gasteiger partial charge in [0.25, 0.3) is 0 Å². The van der Waals surface area contributed by atoms with Gasteiger partial charge in [0.1, 0.15) is 0 Å². The molecule has 1 atom stereocenters. The average Bonchev–Trinajstić information content (AvgIpc) is 2.97. The highest BCUT2D eigenvalue weighted by atomic mass is 16.4. The lowest BCUT2D eigenvalue weighted by molar-refractivity contribution is 0.312. The van der Waals surface area contributed by atoms with Gasteiger partial charge in [0.2, 0.25) is 0 Å². The quantitative estimate of drug-likeness (QED) is 0.428. The van der Waals surface area contributed by atoms with Crippen LogP contribution in [0.5, 0.6) is 0 Å². The molecule has 136 valence electrons. The Hall–Kier alpha value is -2.62. The minimum atomic E-state index is -0.274. The molecule has 0 bridgehead atoms. The van der Waals surface area contributed by atoms with Crippen molar-refractivity contribution in [3.63, 3.8) is 0 Å². The van der Waals surface area contributed by atoms with E-state index in [0.717, 1.165) is 18.4 Å². The Morgan fingerprint density at radius 1 is 0.962 bits per heavy atom. The maximum absolute atomic E-state index is 9.61. The summed E-state index contributed by atoms with van der Waals surface area (Å²) in [7, 11) is 0. The number of nitrogens with zero attached hydrogens (tertiary/aromatic N) is 2. The molecule has 3 rings (SSSR count). The topological polar surface area (TPSA) is 65.2 Å². The summed E-state index contributed by atoms with van der Waals surface area (Å²) < 4.78 is 0. The summed E-state index contributed by atoms with van der Waals surface area (Å²) in [5.74, 6) is -0.274. The molecule has 0 saturated carbocycles. The highest BCUT2D eigenvalue weighted by Gasteiger charge is 2.40. The Labute approximate surface area is 154 Å². The van der Waals surface area contributed by atoms with Crippen molar-refractivity contribution >= 4 is 11.4 Å². The molecule has 4 heteroatoms. The van der Waals surface area contributed by atoms with Gasteiger partial charge in [-0.05, 0) is 48.1 Å². The van der Waals surface area contributed by atoms with Crippen LogP contribution in [0.1, 0.15) is 57.2 Å². The fourth-order valence-electron chi connectivity index (χ4n) is 4.31. The van der Waals surface area contributed by atoms with Crippen LogP contribution in [0.15, 0.2) is 52.8 Å². The SMILES string of the molecule is CCC1(CC)c2ccccc2-c2ccc(C(=NO)C(C)C(C)=NO)cc21. The minimum absolute atomic E-state index is 0.0220. The molecule has 0 radical (unpaired) electrons. The summed E-state index contributed by atoms with van der Waals surface area (Å²) in [6.45, 7) is 8.06. The van der Waals surface area contributed by atoms with Gasteiger partial charge in [-0.1, -0.05) is 67.5 Å². The van der Waals surface area contributed by atoms with Crippen LogP contribution in [0.25, 0.3) is 11.1 Å². The number of fused-ring (bicyclic) bond motifs is 3. The zero-order valence-electron chi connectivity index (χ0n) is 15.8. The van der Waals surface area contributed by atoms with Crippen molar-refractivity contribution in [3.05, 3.63) is 59.2 Å². The molecule has 1 unspecified atom stereocenters. The molecule has 2 N–H and O–H groups in total. The molecule has 0 heterocycles. The Bertz CT molecular complexity index is 879. The number of hydrogen-bond donors (Lipinski definition) is 2. The van der Waals surface area contributed by atoms with Crippen LogP contribution >= 0.6 is 0 Å². The largest absolute Gasteiger partial charge is 0.411 e. The van der Waals surface area contributed by atoms with E-state index in [1.807, 2.05) is 13.0 Å². The second kappa shape index (κ2) is 6.94. The maximum Gasteiger partial charge on any atom is 0.0953 e. The molecule has 0 fully saturated rings. The van der Waals surface area contributed by atoms with Crippen molar-refractivity contribution in [1.29, 1.82) is 0 Å². The summed E-state index contributed by atoms with van der Waals surface area (Å²) in [5.41, 5.74) is 7.08. The standard InChI is InChI=1S/C22H26N2O2/c1-5-22(6-2)19-10-8-7-9-17(19)18-12-11-16(13-20(18)22)21(24-26)14(3)15(4)23-25/h7-14,25-26H,5-6H2,1-4H3. The first-order valence-electron chi connectivity index (χ1n) is 9.19.